The second kappa shape index (κ2) is 8.53. The van der Waals surface area contributed by atoms with E-state index in [-0.39, 0.29) is 47.7 Å². The summed E-state index contributed by atoms with van der Waals surface area (Å²) in [6.07, 6.45) is 2.99. The number of nitrogen functional groups attached to an aromatic ring is 1. The number of primary amides is 1. The largest absolute Gasteiger partial charge is 0.434 e. The van der Waals surface area contributed by atoms with Crippen LogP contribution in [0.2, 0.25) is 0 Å². The van der Waals surface area contributed by atoms with Crippen LogP contribution in [0.3, 0.4) is 0 Å². The minimum atomic E-state index is -1.60. The predicted molar refractivity (Wildman–Crippen MR) is 109 cm³/mol. The van der Waals surface area contributed by atoms with Crippen molar-refractivity contribution in [3.05, 3.63) is 47.8 Å². The van der Waals surface area contributed by atoms with Gasteiger partial charge in [0.15, 0.2) is 23.1 Å². The monoisotopic (exact) mass is 431 g/mol. The molecule has 0 bridgehead atoms. The number of aliphatic hydroxyl groups excluding tert-OH is 1. The highest BCUT2D eigenvalue weighted by Crippen LogP contribution is 2.34. The molecular weight excluding hydrogens is 409 g/mol. The Hall–Kier alpha value is -3.77. The summed E-state index contributed by atoms with van der Waals surface area (Å²) in [5, 5.41) is 26.4. The Morgan fingerprint density at radius 2 is 2.10 bits per heavy atom. The lowest BCUT2D eigenvalue weighted by atomic mass is 10.1. The molecule has 0 spiro atoms. The molecule has 0 radical (unpaired) electrons. The number of hydrogen-bond acceptors (Lipinski definition) is 9. The van der Waals surface area contributed by atoms with E-state index in [4.69, 9.17) is 21.3 Å². The number of hydrogen-bond donors (Lipinski definition) is 5. The first-order valence-electron chi connectivity index (χ1n) is 9.16. The fourth-order valence-electron chi connectivity index (χ4n) is 2.64. The number of nitrogens with zero attached hydrogens (tertiary/aromatic N) is 4. The molecule has 0 saturated carbocycles. The normalized spacial score (nSPS) is 11.4. The highest BCUT2D eigenvalue weighted by molar-refractivity contribution is 5.96. The lowest BCUT2D eigenvalue weighted by Gasteiger charge is -2.21. The van der Waals surface area contributed by atoms with Gasteiger partial charge in [-0.15, -0.1) is 0 Å². The molecule has 2 aromatic heterocycles. The standard InChI is InChI=1S/C19H22FN7O4/c1-19(2,30)15-18(31-13-7-10(21)3-4-12(13)20)26-17(14(25-15)16(22)29)24-11-8-23-27(9-11)5-6-28/h3-4,7-9,28,30H,5-6,21H2,1-2H3,(H2,22,29)(H,24,26). The van der Waals surface area contributed by atoms with Gasteiger partial charge >= 0.3 is 0 Å². The quantitative estimate of drug-likeness (QED) is 0.329. The maximum Gasteiger partial charge on any atom is 0.271 e. The molecule has 3 aromatic rings. The molecule has 1 aromatic carbocycles. The minimum absolute atomic E-state index is 0.0941. The van der Waals surface area contributed by atoms with Crippen LogP contribution in [0.25, 0.3) is 0 Å². The molecule has 0 saturated heterocycles. The first kappa shape index (κ1) is 21.9. The smallest absolute Gasteiger partial charge is 0.271 e. The SMILES string of the molecule is CC(C)(O)c1nc(C(N)=O)c(Nc2cnn(CCO)c2)nc1Oc1cc(N)ccc1F. The summed E-state index contributed by atoms with van der Waals surface area (Å²) in [5.41, 5.74) is 9.80. The molecule has 7 N–H and O–H groups in total. The number of carbonyl (C=O) groups is 1. The van der Waals surface area contributed by atoms with Crippen molar-refractivity contribution in [2.24, 2.45) is 5.73 Å². The van der Waals surface area contributed by atoms with Crippen LogP contribution in [-0.4, -0.2) is 42.5 Å². The average molecular weight is 431 g/mol. The maximum atomic E-state index is 14.2. The summed E-state index contributed by atoms with van der Waals surface area (Å²) >= 11 is 0. The van der Waals surface area contributed by atoms with Gasteiger partial charge in [0, 0.05) is 18.0 Å². The second-order valence-electron chi connectivity index (χ2n) is 7.13. The molecule has 0 atom stereocenters. The zero-order valence-corrected chi connectivity index (χ0v) is 16.8. The fraction of sp³-hybridized carbons (Fsp3) is 0.263. The van der Waals surface area contributed by atoms with E-state index in [2.05, 4.69) is 20.4 Å². The molecule has 0 aliphatic rings. The first-order valence-corrected chi connectivity index (χ1v) is 9.16. The highest BCUT2D eigenvalue weighted by Gasteiger charge is 2.29. The number of carbonyl (C=O) groups excluding carboxylic acids is 1. The fourth-order valence-corrected chi connectivity index (χ4v) is 2.64. The number of rotatable bonds is 8. The van der Waals surface area contributed by atoms with Crippen LogP contribution in [0.15, 0.2) is 30.6 Å². The topological polar surface area (TPSA) is 174 Å². The van der Waals surface area contributed by atoms with Crippen LogP contribution < -0.4 is 21.5 Å². The Labute approximate surface area is 176 Å². The van der Waals surface area contributed by atoms with Crippen molar-refractivity contribution in [1.82, 2.24) is 19.7 Å². The van der Waals surface area contributed by atoms with Gasteiger partial charge in [-0.2, -0.15) is 10.1 Å². The Morgan fingerprint density at radius 1 is 1.35 bits per heavy atom. The summed E-state index contributed by atoms with van der Waals surface area (Å²) in [4.78, 5) is 20.4. The van der Waals surface area contributed by atoms with Crippen LogP contribution in [-0.2, 0) is 12.1 Å². The van der Waals surface area contributed by atoms with E-state index < -0.39 is 17.3 Å². The van der Waals surface area contributed by atoms with E-state index in [0.717, 1.165) is 6.07 Å². The number of nitrogens with two attached hydrogens (primary N) is 2. The molecule has 0 fully saturated rings. The van der Waals surface area contributed by atoms with Crippen LogP contribution >= 0.6 is 0 Å². The lowest BCUT2D eigenvalue weighted by Crippen LogP contribution is -2.24. The van der Waals surface area contributed by atoms with Crippen molar-refractivity contribution >= 4 is 23.1 Å². The third-order valence-corrected chi connectivity index (χ3v) is 4.06. The van der Waals surface area contributed by atoms with Gasteiger partial charge < -0.3 is 31.7 Å². The van der Waals surface area contributed by atoms with Crippen molar-refractivity contribution in [3.63, 3.8) is 0 Å². The molecule has 11 nitrogen and oxygen atoms in total. The van der Waals surface area contributed by atoms with Gasteiger partial charge in [-0.3, -0.25) is 9.48 Å². The van der Waals surface area contributed by atoms with Crippen molar-refractivity contribution < 1.29 is 24.1 Å². The van der Waals surface area contributed by atoms with Gasteiger partial charge in [-0.25, -0.2) is 9.37 Å². The van der Waals surface area contributed by atoms with Gasteiger partial charge in [-0.05, 0) is 26.0 Å². The number of nitrogens with one attached hydrogen (secondary N) is 1. The molecule has 0 aliphatic carbocycles. The van der Waals surface area contributed by atoms with Crippen molar-refractivity contribution in [2.75, 3.05) is 17.7 Å². The molecule has 164 valence electrons. The molecule has 12 heteroatoms. The summed E-state index contributed by atoms with van der Waals surface area (Å²) in [6, 6.07) is 3.73. The number of benzene rings is 1. The van der Waals surface area contributed by atoms with Gasteiger partial charge in [0.25, 0.3) is 5.91 Å². The molecular formula is C19H22FN7O4. The Bertz CT molecular complexity index is 1110. The lowest BCUT2D eigenvalue weighted by molar-refractivity contribution is 0.0702. The molecule has 31 heavy (non-hydrogen) atoms. The van der Waals surface area contributed by atoms with Crippen LogP contribution in [0.4, 0.5) is 21.6 Å². The average Bonchev–Trinajstić information content (AvgIpc) is 3.11. The summed E-state index contributed by atoms with van der Waals surface area (Å²) in [7, 11) is 0. The predicted octanol–water partition coefficient (Wildman–Crippen LogP) is 1.25. The van der Waals surface area contributed by atoms with E-state index in [1.54, 1.807) is 6.20 Å². The van der Waals surface area contributed by atoms with E-state index in [1.165, 1.54) is 36.9 Å². The van der Waals surface area contributed by atoms with Gasteiger partial charge in [0.1, 0.15) is 11.3 Å². The molecule has 1 amide bonds. The van der Waals surface area contributed by atoms with Crippen LogP contribution in [0.5, 0.6) is 11.6 Å². The first-order chi connectivity index (χ1) is 14.6. The van der Waals surface area contributed by atoms with E-state index >= 15 is 0 Å². The minimum Gasteiger partial charge on any atom is -0.434 e. The van der Waals surface area contributed by atoms with Crippen LogP contribution in [0.1, 0.15) is 30.0 Å². The van der Waals surface area contributed by atoms with Crippen molar-refractivity contribution in [3.8, 4) is 11.6 Å². The third kappa shape index (κ3) is 5.05. The van der Waals surface area contributed by atoms with Gasteiger partial charge in [-0.1, -0.05) is 0 Å². The zero-order chi connectivity index (χ0) is 22.8. The summed E-state index contributed by atoms with van der Waals surface area (Å²) < 4.78 is 21.2. The third-order valence-electron chi connectivity index (χ3n) is 4.06. The Kier molecular flexibility index (Phi) is 6.04. The maximum absolute atomic E-state index is 14.2. The molecule has 0 unspecified atom stereocenters. The number of ether oxygens (including phenoxy) is 1. The van der Waals surface area contributed by atoms with E-state index in [9.17, 15) is 14.3 Å². The van der Waals surface area contributed by atoms with E-state index in [0.29, 0.717) is 5.69 Å². The second-order valence-corrected chi connectivity index (χ2v) is 7.13. The van der Waals surface area contributed by atoms with Gasteiger partial charge in [0.05, 0.1) is 25.0 Å². The number of halogens is 1. The van der Waals surface area contributed by atoms with E-state index in [1.807, 2.05) is 0 Å². The van der Waals surface area contributed by atoms with Crippen molar-refractivity contribution in [2.45, 2.75) is 26.0 Å². The Balaban J connectivity index is 2.10. The molecule has 3 rings (SSSR count). The van der Waals surface area contributed by atoms with Crippen LogP contribution in [0, 0.1) is 5.82 Å². The number of anilines is 3. The Morgan fingerprint density at radius 3 is 2.74 bits per heavy atom. The number of aromatic nitrogens is 4. The van der Waals surface area contributed by atoms with Crippen molar-refractivity contribution in [1.29, 1.82) is 0 Å². The molecule has 0 aliphatic heterocycles. The highest BCUT2D eigenvalue weighted by atomic mass is 19.1. The summed E-state index contributed by atoms with van der Waals surface area (Å²) in [6.45, 7) is 2.95. The van der Waals surface area contributed by atoms with Gasteiger partial charge in [0.2, 0.25) is 5.88 Å². The number of amides is 1. The molecule has 2 heterocycles. The summed E-state index contributed by atoms with van der Waals surface area (Å²) in [5.74, 6) is -2.22. The number of aliphatic hydroxyl groups is 2. The zero-order valence-electron chi connectivity index (χ0n) is 16.8.